The minimum atomic E-state index is -0.0955. The van der Waals surface area contributed by atoms with E-state index in [2.05, 4.69) is 5.32 Å². The number of nitrogens with one attached hydrogen (secondary N) is 1. The van der Waals surface area contributed by atoms with Gasteiger partial charge in [-0.2, -0.15) is 0 Å². The standard InChI is InChI=1S/C19H22N2O2/c20-13-14-7-6-11-17(14)21-19(22)16-10-4-5-12-18(16)23-15-8-2-1-3-9-15/h1-5,8-10,12,14,17H,6-7,11,13,20H2,(H,21,22). The van der Waals surface area contributed by atoms with Crippen LogP contribution in [0.3, 0.4) is 0 Å². The van der Waals surface area contributed by atoms with Crippen molar-refractivity contribution < 1.29 is 9.53 Å². The SMILES string of the molecule is NCC1CCCC1NC(=O)c1ccccc1Oc1ccccc1. The summed E-state index contributed by atoms with van der Waals surface area (Å²) in [5.74, 6) is 1.56. The highest BCUT2D eigenvalue weighted by Crippen LogP contribution is 2.27. The first kappa shape index (κ1) is 15.6. The van der Waals surface area contributed by atoms with E-state index in [1.54, 1.807) is 6.07 Å². The minimum absolute atomic E-state index is 0.0955. The van der Waals surface area contributed by atoms with Gasteiger partial charge in [-0.05, 0) is 49.6 Å². The van der Waals surface area contributed by atoms with Crippen LogP contribution in [0.1, 0.15) is 29.6 Å². The fourth-order valence-electron chi connectivity index (χ4n) is 3.11. The van der Waals surface area contributed by atoms with Crippen LogP contribution in [0.2, 0.25) is 0 Å². The molecule has 3 N–H and O–H groups in total. The van der Waals surface area contributed by atoms with Gasteiger partial charge in [-0.25, -0.2) is 0 Å². The Balaban J connectivity index is 1.75. The number of carbonyl (C=O) groups excluding carboxylic acids is 1. The third-order valence-electron chi connectivity index (χ3n) is 4.38. The van der Waals surface area contributed by atoms with E-state index in [-0.39, 0.29) is 11.9 Å². The maximum absolute atomic E-state index is 12.6. The van der Waals surface area contributed by atoms with Gasteiger partial charge in [0.05, 0.1) is 5.56 Å². The Labute approximate surface area is 136 Å². The number of carbonyl (C=O) groups is 1. The summed E-state index contributed by atoms with van der Waals surface area (Å²) in [5.41, 5.74) is 6.35. The average Bonchev–Trinajstić information content (AvgIpc) is 3.03. The van der Waals surface area contributed by atoms with E-state index in [4.69, 9.17) is 10.5 Å². The number of rotatable bonds is 5. The highest BCUT2D eigenvalue weighted by Gasteiger charge is 2.28. The molecule has 0 heterocycles. The summed E-state index contributed by atoms with van der Waals surface area (Å²) < 4.78 is 5.86. The van der Waals surface area contributed by atoms with E-state index in [1.807, 2.05) is 48.5 Å². The molecule has 0 saturated heterocycles. The average molecular weight is 310 g/mol. The molecule has 0 radical (unpaired) electrons. The van der Waals surface area contributed by atoms with Crippen molar-refractivity contribution in [2.24, 2.45) is 11.7 Å². The lowest BCUT2D eigenvalue weighted by molar-refractivity contribution is 0.0926. The molecule has 2 aromatic rings. The molecule has 4 heteroatoms. The zero-order valence-corrected chi connectivity index (χ0v) is 13.1. The number of ether oxygens (including phenoxy) is 1. The molecule has 0 spiro atoms. The molecule has 2 atom stereocenters. The summed E-state index contributed by atoms with van der Waals surface area (Å²) in [7, 11) is 0. The smallest absolute Gasteiger partial charge is 0.255 e. The van der Waals surface area contributed by atoms with Crippen molar-refractivity contribution in [1.82, 2.24) is 5.32 Å². The molecule has 1 amide bonds. The van der Waals surface area contributed by atoms with Gasteiger partial charge in [-0.15, -0.1) is 0 Å². The Bertz CT molecular complexity index is 657. The molecule has 23 heavy (non-hydrogen) atoms. The van der Waals surface area contributed by atoms with Crippen LogP contribution in [-0.4, -0.2) is 18.5 Å². The lowest BCUT2D eigenvalue weighted by Crippen LogP contribution is -2.39. The second-order valence-corrected chi connectivity index (χ2v) is 5.92. The van der Waals surface area contributed by atoms with Crippen molar-refractivity contribution in [1.29, 1.82) is 0 Å². The van der Waals surface area contributed by atoms with Gasteiger partial charge in [0.25, 0.3) is 5.91 Å². The molecule has 0 aliphatic heterocycles. The van der Waals surface area contributed by atoms with E-state index < -0.39 is 0 Å². The van der Waals surface area contributed by atoms with E-state index >= 15 is 0 Å². The predicted octanol–water partition coefficient (Wildman–Crippen LogP) is 3.34. The van der Waals surface area contributed by atoms with Crippen LogP contribution >= 0.6 is 0 Å². The van der Waals surface area contributed by atoms with Crippen LogP contribution in [0.25, 0.3) is 0 Å². The van der Waals surface area contributed by atoms with Crippen LogP contribution in [0.5, 0.6) is 11.5 Å². The minimum Gasteiger partial charge on any atom is -0.457 e. The van der Waals surface area contributed by atoms with Crippen molar-refractivity contribution in [3.8, 4) is 11.5 Å². The van der Waals surface area contributed by atoms with Gasteiger partial charge >= 0.3 is 0 Å². The van der Waals surface area contributed by atoms with Gasteiger partial charge < -0.3 is 15.8 Å². The molecule has 120 valence electrons. The van der Waals surface area contributed by atoms with Gasteiger partial charge in [0, 0.05) is 6.04 Å². The Morgan fingerprint density at radius 1 is 1.09 bits per heavy atom. The predicted molar refractivity (Wildman–Crippen MR) is 90.6 cm³/mol. The van der Waals surface area contributed by atoms with Crippen LogP contribution < -0.4 is 15.8 Å². The molecule has 1 fully saturated rings. The maximum atomic E-state index is 12.6. The summed E-state index contributed by atoms with van der Waals surface area (Å²) in [5, 5.41) is 3.12. The lowest BCUT2D eigenvalue weighted by Gasteiger charge is -2.20. The van der Waals surface area contributed by atoms with Crippen LogP contribution in [0.4, 0.5) is 0 Å². The van der Waals surface area contributed by atoms with Crippen molar-refractivity contribution in [2.45, 2.75) is 25.3 Å². The first-order chi connectivity index (χ1) is 11.3. The molecule has 2 unspecified atom stereocenters. The Hall–Kier alpha value is -2.33. The van der Waals surface area contributed by atoms with E-state index in [9.17, 15) is 4.79 Å². The molecule has 0 aromatic heterocycles. The maximum Gasteiger partial charge on any atom is 0.255 e. The second-order valence-electron chi connectivity index (χ2n) is 5.92. The molecule has 3 rings (SSSR count). The fraction of sp³-hybridized carbons (Fsp3) is 0.316. The monoisotopic (exact) mass is 310 g/mol. The van der Waals surface area contributed by atoms with Crippen molar-refractivity contribution in [3.05, 3.63) is 60.2 Å². The van der Waals surface area contributed by atoms with Gasteiger partial charge in [0.2, 0.25) is 0 Å². The van der Waals surface area contributed by atoms with Gasteiger partial charge in [-0.3, -0.25) is 4.79 Å². The summed E-state index contributed by atoms with van der Waals surface area (Å²) >= 11 is 0. The van der Waals surface area contributed by atoms with Gasteiger partial charge in [0.1, 0.15) is 11.5 Å². The zero-order chi connectivity index (χ0) is 16.1. The molecular weight excluding hydrogens is 288 g/mol. The van der Waals surface area contributed by atoms with Crippen LogP contribution in [-0.2, 0) is 0 Å². The number of hydrogen-bond donors (Lipinski definition) is 2. The number of benzene rings is 2. The molecule has 0 bridgehead atoms. The quantitative estimate of drug-likeness (QED) is 0.890. The van der Waals surface area contributed by atoms with Crippen molar-refractivity contribution in [3.63, 3.8) is 0 Å². The highest BCUT2D eigenvalue weighted by molar-refractivity contribution is 5.97. The third-order valence-corrected chi connectivity index (χ3v) is 4.38. The number of hydrogen-bond acceptors (Lipinski definition) is 3. The number of para-hydroxylation sites is 2. The van der Waals surface area contributed by atoms with Gasteiger partial charge in [0.15, 0.2) is 0 Å². The molecule has 2 aromatic carbocycles. The number of amides is 1. The summed E-state index contributed by atoms with van der Waals surface area (Å²) in [4.78, 5) is 12.6. The molecule has 1 aliphatic carbocycles. The van der Waals surface area contributed by atoms with E-state index in [1.165, 1.54) is 0 Å². The Morgan fingerprint density at radius 3 is 2.61 bits per heavy atom. The Morgan fingerprint density at radius 2 is 1.83 bits per heavy atom. The zero-order valence-electron chi connectivity index (χ0n) is 13.1. The first-order valence-corrected chi connectivity index (χ1v) is 8.11. The van der Waals surface area contributed by atoms with Crippen molar-refractivity contribution >= 4 is 5.91 Å². The van der Waals surface area contributed by atoms with Gasteiger partial charge in [-0.1, -0.05) is 36.8 Å². The lowest BCUT2D eigenvalue weighted by atomic mass is 10.0. The van der Waals surface area contributed by atoms with Crippen molar-refractivity contribution in [2.75, 3.05) is 6.54 Å². The fourth-order valence-corrected chi connectivity index (χ4v) is 3.11. The van der Waals surface area contributed by atoms with Crippen LogP contribution in [0, 0.1) is 5.92 Å². The molecule has 1 aliphatic rings. The third kappa shape index (κ3) is 3.71. The summed E-state index contributed by atoms with van der Waals surface area (Å²) in [6.45, 7) is 0.618. The summed E-state index contributed by atoms with van der Waals surface area (Å²) in [6, 6.07) is 17.0. The first-order valence-electron chi connectivity index (χ1n) is 8.11. The number of nitrogens with two attached hydrogens (primary N) is 1. The summed E-state index contributed by atoms with van der Waals surface area (Å²) in [6.07, 6.45) is 3.20. The molecule has 1 saturated carbocycles. The normalized spacial score (nSPS) is 20.2. The highest BCUT2D eigenvalue weighted by atomic mass is 16.5. The second kappa shape index (κ2) is 7.29. The largest absolute Gasteiger partial charge is 0.457 e. The van der Waals surface area contributed by atoms with E-state index in [0.29, 0.717) is 29.5 Å². The molecule has 4 nitrogen and oxygen atoms in total. The molecular formula is C19H22N2O2. The Kier molecular flexibility index (Phi) is 4.93. The van der Waals surface area contributed by atoms with E-state index in [0.717, 1.165) is 19.3 Å². The van der Waals surface area contributed by atoms with Crippen LogP contribution in [0.15, 0.2) is 54.6 Å². The topological polar surface area (TPSA) is 64.3 Å².